The summed E-state index contributed by atoms with van der Waals surface area (Å²) in [5, 5.41) is 19.9. The molecule has 2 rings (SSSR count). The van der Waals surface area contributed by atoms with E-state index in [4.69, 9.17) is 4.74 Å². The second kappa shape index (κ2) is 3.22. The predicted molar refractivity (Wildman–Crippen MR) is 56.9 cm³/mol. The molecule has 3 heteroatoms. The van der Waals surface area contributed by atoms with Crippen molar-refractivity contribution in [2.75, 3.05) is 0 Å². The molecule has 0 aromatic heterocycles. The first kappa shape index (κ1) is 10.5. The summed E-state index contributed by atoms with van der Waals surface area (Å²) < 4.78 is 5.61. The summed E-state index contributed by atoms with van der Waals surface area (Å²) in [7, 11) is 0. The van der Waals surface area contributed by atoms with E-state index in [1.54, 1.807) is 13.8 Å². The van der Waals surface area contributed by atoms with Crippen LogP contribution in [-0.4, -0.2) is 21.9 Å². The molecule has 2 atom stereocenters. The lowest BCUT2D eigenvalue weighted by molar-refractivity contribution is -0.0763. The summed E-state index contributed by atoms with van der Waals surface area (Å²) in [5.74, 6) is 0.706. The first-order valence-corrected chi connectivity index (χ1v) is 5.08. The lowest BCUT2D eigenvalue weighted by atomic mass is 9.94. The van der Waals surface area contributed by atoms with E-state index >= 15 is 0 Å². The van der Waals surface area contributed by atoms with Crippen molar-refractivity contribution >= 4 is 0 Å². The molecule has 0 radical (unpaired) electrons. The van der Waals surface area contributed by atoms with Gasteiger partial charge in [-0.3, -0.25) is 0 Å². The molecule has 0 amide bonds. The molecule has 82 valence electrons. The van der Waals surface area contributed by atoms with E-state index in [1.807, 2.05) is 25.1 Å². The van der Waals surface area contributed by atoms with Gasteiger partial charge in [0.2, 0.25) is 0 Å². The van der Waals surface area contributed by atoms with Crippen molar-refractivity contribution in [3.8, 4) is 5.75 Å². The zero-order valence-corrected chi connectivity index (χ0v) is 9.19. The Labute approximate surface area is 89.3 Å². The van der Waals surface area contributed by atoms with Gasteiger partial charge in [0.05, 0.1) is 5.60 Å². The SMILES string of the molecule is Cc1cccc2c1O[C@@H](C(C)(C)O)[C@H]2O. The lowest BCUT2D eigenvalue weighted by Crippen LogP contribution is -2.41. The van der Waals surface area contributed by atoms with Crippen LogP contribution < -0.4 is 4.74 Å². The minimum Gasteiger partial charge on any atom is -0.484 e. The minimum absolute atomic E-state index is 0.589. The number of para-hydroxylation sites is 1. The Kier molecular flexibility index (Phi) is 2.24. The summed E-state index contributed by atoms with van der Waals surface area (Å²) >= 11 is 0. The number of ether oxygens (including phenoxy) is 1. The average Bonchev–Trinajstić information content (AvgIpc) is 2.45. The van der Waals surface area contributed by atoms with Gasteiger partial charge in [-0.1, -0.05) is 18.2 Å². The molecule has 0 saturated carbocycles. The molecular formula is C12H16O3. The molecule has 15 heavy (non-hydrogen) atoms. The van der Waals surface area contributed by atoms with Gasteiger partial charge in [-0.15, -0.1) is 0 Å². The number of rotatable bonds is 1. The molecule has 0 bridgehead atoms. The topological polar surface area (TPSA) is 49.7 Å². The Hall–Kier alpha value is -1.06. The molecule has 1 aromatic carbocycles. The Bertz CT molecular complexity index is 379. The first-order chi connectivity index (χ1) is 6.91. The smallest absolute Gasteiger partial charge is 0.157 e. The highest BCUT2D eigenvalue weighted by Crippen LogP contribution is 2.42. The van der Waals surface area contributed by atoms with Gasteiger partial charge in [0, 0.05) is 5.56 Å². The summed E-state index contributed by atoms with van der Waals surface area (Å²) in [6.07, 6.45) is -1.34. The maximum Gasteiger partial charge on any atom is 0.157 e. The molecule has 1 heterocycles. The molecule has 2 N–H and O–H groups in total. The summed E-state index contributed by atoms with van der Waals surface area (Å²) in [5.41, 5.74) is 0.700. The zero-order valence-electron chi connectivity index (χ0n) is 9.19. The van der Waals surface area contributed by atoms with E-state index in [0.29, 0.717) is 5.75 Å². The normalized spacial score (nSPS) is 24.9. The van der Waals surface area contributed by atoms with Crippen LogP contribution in [0.1, 0.15) is 31.1 Å². The maximum atomic E-state index is 10.0. The van der Waals surface area contributed by atoms with Crippen molar-refractivity contribution < 1.29 is 14.9 Å². The van der Waals surface area contributed by atoms with Gasteiger partial charge in [-0.25, -0.2) is 0 Å². The van der Waals surface area contributed by atoms with Crippen LogP contribution in [-0.2, 0) is 0 Å². The fourth-order valence-corrected chi connectivity index (χ4v) is 1.95. The third-order valence-electron chi connectivity index (χ3n) is 2.79. The lowest BCUT2D eigenvalue weighted by Gasteiger charge is -2.27. The molecule has 1 aliphatic heterocycles. The van der Waals surface area contributed by atoms with Crippen molar-refractivity contribution in [3.63, 3.8) is 0 Å². The van der Waals surface area contributed by atoms with Crippen LogP contribution in [0.25, 0.3) is 0 Å². The molecular weight excluding hydrogens is 192 g/mol. The number of benzene rings is 1. The van der Waals surface area contributed by atoms with E-state index < -0.39 is 17.8 Å². The molecule has 1 aliphatic rings. The molecule has 0 spiro atoms. The fourth-order valence-electron chi connectivity index (χ4n) is 1.95. The predicted octanol–water partition coefficient (Wildman–Crippen LogP) is 1.56. The van der Waals surface area contributed by atoms with Gasteiger partial charge in [0.25, 0.3) is 0 Å². The monoisotopic (exact) mass is 208 g/mol. The van der Waals surface area contributed by atoms with Crippen LogP contribution >= 0.6 is 0 Å². The standard InChI is InChI=1S/C12H16O3/c1-7-5-4-6-8-9(13)11(12(2,3)14)15-10(7)8/h4-6,9,11,13-14H,1-3H3/t9-,11+/m0/s1. The van der Waals surface area contributed by atoms with E-state index in [-0.39, 0.29) is 0 Å². The summed E-state index contributed by atoms with van der Waals surface area (Å²) in [6, 6.07) is 5.64. The molecule has 0 saturated heterocycles. The van der Waals surface area contributed by atoms with Crippen LogP contribution in [0.3, 0.4) is 0 Å². The van der Waals surface area contributed by atoms with Crippen LogP contribution in [0.15, 0.2) is 18.2 Å². The Balaban J connectivity index is 2.42. The highest BCUT2D eigenvalue weighted by molar-refractivity contribution is 5.46. The number of fused-ring (bicyclic) bond motifs is 1. The Morgan fingerprint density at radius 3 is 2.53 bits per heavy atom. The van der Waals surface area contributed by atoms with Gasteiger partial charge in [0.1, 0.15) is 11.9 Å². The maximum absolute atomic E-state index is 10.0. The van der Waals surface area contributed by atoms with Crippen LogP contribution in [0, 0.1) is 6.92 Å². The van der Waals surface area contributed by atoms with Crippen LogP contribution in [0.2, 0.25) is 0 Å². The van der Waals surface area contributed by atoms with Crippen LogP contribution in [0.4, 0.5) is 0 Å². The van der Waals surface area contributed by atoms with Crippen LogP contribution in [0.5, 0.6) is 5.75 Å². The number of aliphatic hydroxyl groups is 2. The number of aryl methyl sites for hydroxylation is 1. The molecule has 0 unspecified atom stereocenters. The van der Waals surface area contributed by atoms with Gasteiger partial charge in [0.15, 0.2) is 6.10 Å². The quantitative estimate of drug-likeness (QED) is 0.736. The van der Waals surface area contributed by atoms with Crippen molar-refractivity contribution in [1.29, 1.82) is 0 Å². The van der Waals surface area contributed by atoms with E-state index in [0.717, 1.165) is 11.1 Å². The van der Waals surface area contributed by atoms with Crippen molar-refractivity contribution in [2.45, 2.75) is 38.6 Å². The third-order valence-corrected chi connectivity index (χ3v) is 2.79. The van der Waals surface area contributed by atoms with Gasteiger partial charge in [-0.05, 0) is 26.3 Å². The minimum atomic E-state index is -1.05. The first-order valence-electron chi connectivity index (χ1n) is 5.08. The Morgan fingerprint density at radius 2 is 2.00 bits per heavy atom. The van der Waals surface area contributed by atoms with Crippen molar-refractivity contribution in [2.24, 2.45) is 0 Å². The number of hydrogen-bond donors (Lipinski definition) is 2. The average molecular weight is 208 g/mol. The fraction of sp³-hybridized carbons (Fsp3) is 0.500. The number of hydrogen-bond acceptors (Lipinski definition) is 3. The Morgan fingerprint density at radius 1 is 1.33 bits per heavy atom. The summed E-state index contributed by atoms with van der Waals surface area (Å²) in [6.45, 7) is 5.21. The third kappa shape index (κ3) is 1.62. The number of aliphatic hydroxyl groups excluding tert-OH is 1. The van der Waals surface area contributed by atoms with Gasteiger partial charge < -0.3 is 14.9 Å². The highest BCUT2D eigenvalue weighted by atomic mass is 16.5. The summed E-state index contributed by atoms with van der Waals surface area (Å²) in [4.78, 5) is 0. The zero-order chi connectivity index (χ0) is 11.2. The van der Waals surface area contributed by atoms with Gasteiger partial charge >= 0.3 is 0 Å². The van der Waals surface area contributed by atoms with Gasteiger partial charge in [-0.2, -0.15) is 0 Å². The second-order valence-corrected chi connectivity index (χ2v) is 4.63. The molecule has 3 nitrogen and oxygen atoms in total. The molecule has 1 aromatic rings. The molecule has 0 aliphatic carbocycles. The van der Waals surface area contributed by atoms with E-state index in [2.05, 4.69) is 0 Å². The molecule has 0 fully saturated rings. The highest BCUT2D eigenvalue weighted by Gasteiger charge is 2.42. The van der Waals surface area contributed by atoms with E-state index in [9.17, 15) is 10.2 Å². The largest absolute Gasteiger partial charge is 0.484 e. The van der Waals surface area contributed by atoms with Crippen molar-refractivity contribution in [1.82, 2.24) is 0 Å². The van der Waals surface area contributed by atoms with Crippen molar-refractivity contribution in [3.05, 3.63) is 29.3 Å². The van der Waals surface area contributed by atoms with E-state index in [1.165, 1.54) is 0 Å². The second-order valence-electron chi connectivity index (χ2n) is 4.63.